The van der Waals surface area contributed by atoms with Crippen LogP contribution in [0.25, 0.3) is 0 Å². The Labute approximate surface area is 142 Å². The molecule has 0 spiro atoms. The first kappa shape index (κ1) is 20.4. The molecule has 1 aromatic rings. The maximum atomic E-state index is 13.2. The predicted molar refractivity (Wildman–Crippen MR) is 81.5 cm³/mol. The highest BCUT2D eigenvalue weighted by Gasteiger charge is 2.38. The van der Waals surface area contributed by atoms with Crippen molar-refractivity contribution in [3.8, 4) is 0 Å². The highest BCUT2D eigenvalue weighted by molar-refractivity contribution is 6.31. The van der Waals surface area contributed by atoms with Crippen molar-refractivity contribution in [3.05, 3.63) is 34.3 Å². The molecule has 0 amide bonds. The van der Waals surface area contributed by atoms with Crippen LogP contribution in [0.4, 0.5) is 22.0 Å². The Hall–Kier alpha value is -0.630. The number of nitrogens with zero attached hydrogens (tertiary/aromatic N) is 1. The van der Waals surface area contributed by atoms with Crippen molar-refractivity contribution < 1.29 is 22.0 Å². The monoisotopic (exact) mass is 378 g/mol. The van der Waals surface area contributed by atoms with Gasteiger partial charge in [-0.25, -0.2) is 8.78 Å². The van der Waals surface area contributed by atoms with Crippen LogP contribution in [0.3, 0.4) is 0 Å². The minimum atomic E-state index is -4.63. The molecule has 1 aliphatic heterocycles. The van der Waals surface area contributed by atoms with Crippen LogP contribution in [0.15, 0.2) is 18.2 Å². The molecule has 0 aliphatic carbocycles. The lowest BCUT2D eigenvalue weighted by Crippen LogP contribution is -2.46. The van der Waals surface area contributed by atoms with Gasteiger partial charge in [-0.15, -0.1) is 12.4 Å². The summed E-state index contributed by atoms with van der Waals surface area (Å²) in [5.41, 5.74) is -1.19. The van der Waals surface area contributed by atoms with E-state index in [-0.39, 0.29) is 23.0 Å². The zero-order chi connectivity index (χ0) is 16.3. The molecule has 2 rings (SSSR count). The summed E-state index contributed by atoms with van der Waals surface area (Å²) in [7, 11) is 0. The van der Waals surface area contributed by atoms with Gasteiger partial charge in [-0.1, -0.05) is 17.7 Å². The summed E-state index contributed by atoms with van der Waals surface area (Å²) < 4.78 is 65.5. The molecule has 1 N–H and O–H groups in total. The van der Waals surface area contributed by atoms with Crippen LogP contribution in [0.1, 0.15) is 23.6 Å². The van der Waals surface area contributed by atoms with Crippen molar-refractivity contribution in [2.75, 3.05) is 26.2 Å². The standard InChI is InChI=1S/C14H16ClF5N2.ClH/c15-10-3-1-2-9(14(18,19)20)13(10)11(8-12(16)17)22-6-4-21-5-7-22;/h1-3,11-12,21H,4-8H2;1H/t11-;/m1./s1. The summed E-state index contributed by atoms with van der Waals surface area (Å²) in [4.78, 5) is 1.64. The van der Waals surface area contributed by atoms with Crippen LogP contribution >= 0.6 is 24.0 Å². The maximum Gasteiger partial charge on any atom is 0.416 e. The van der Waals surface area contributed by atoms with Crippen LogP contribution in [0, 0.1) is 0 Å². The van der Waals surface area contributed by atoms with E-state index in [1.165, 1.54) is 12.1 Å². The molecule has 1 saturated heterocycles. The first-order valence-corrected chi connectivity index (χ1v) is 7.27. The maximum absolute atomic E-state index is 13.2. The Balaban J connectivity index is 0.00000264. The Bertz CT molecular complexity index is 504. The van der Waals surface area contributed by atoms with Crippen LogP contribution in [-0.4, -0.2) is 37.5 Å². The third kappa shape index (κ3) is 5.17. The molecule has 0 radical (unpaired) electrons. The van der Waals surface area contributed by atoms with Gasteiger partial charge in [0.1, 0.15) is 0 Å². The number of halogens is 7. The minimum Gasteiger partial charge on any atom is -0.314 e. The van der Waals surface area contributed by atoms with Crippen molar-refractivity contribution >= 4 is 24.0 Å². The number of rotatable bonds is 4. The lowest BCUT2D eigenvalue weighted by atomic mass is 9.95. The van der Waals surface area contributed by atoms with E-state index in [0.717, 1.165) is 6.07 Å². The van der Waals surface area contributed by atoms with E-state index in [0.29, 0.717) is 26.2 Å². The molecule has 2 nitrogen and oxygen atoms in total. The summed E-state index contributed by atoms with van der Waals surface area (Å²) >= 11 is 5.95. The molecule has 1 aromatic carbocycles. The first-order chi connectivity index (χ1) is 10.3. The van der Waals surface area contributed by atoms with Gasteiger partial charge in [0.15, 0.2) is 0 Å². The normalized spacial score (nSPS) is 17.9. The molecule has 0 unspecified atom stereocenters. The second-order valence-corrected chi connectivity index (χ2v) is 5.53. The van der Waals surface area contributed by atoms with Crippen molar-refractivity contribution in [1.82, 2.24) is 10.2 Å². The van der Waals surface area contributed by atoms with Gasteiger partial charge >= 0.3 is 6.18 Å². The third-order valence-corrected chi connectivity index (χ3v) is 4.01. The molecule has 132 valence electrons. The minimum absolute atomic E-state index is 0. The van der Waals surface area contributed by atoms with E-state index in [9.17, 15) is 22.0 Å². The number of benzene rings is 1. The fraction of sp³-hybridized carbons (Fsp3) is 0.571. The smallest absolute Gasteiger partial charge is 0.314 e. The molecule has 23 heavy (non-hydrogen) atoms. The molecule has 9 heteroatoms. The summed E-state index contributed by atoms with van der Waals surface area (Å²) in [6.45, 7) is 1.90. The number of nitrogens with one attached hydrogen (secondary N) is 1. The van der Waals surface area contributed by atoms with Crippen molar-refractivity contribution in [2.45, 2.75) is 25.1 Å². The van der Waals surface area contributed by atoms with Crippen LogP contribution in [-0.2, 0) is 6.18 Å². The largest absolute Gasteiger partial charge is 0.416 e. The van der Waals surface area contributed by atoms with Crippen molar-refractivity contribution in [3.63, 3.8) is 0 Å². The van der Waals surface area contributed by atoms with E-state index in [1.54, 1.807) is 4.90 Å². The van der Waals surface area contributed by atoms with Gasteiger partial charge in [0, 0.05) is 49.2 Å². The quantitative estimate of drug-likeness (QED) is 0.782. The Kier molecular flexibility index (Phi) is 7.51. The Morgan fingerprint density at radius 1 is 1.17 bits per heavy atom. The average Bonchev–Trinajstić information content (AvgIpc) is 2.44. The molecule has 1 atom stereocenters. The van der Waals surface area contributed by atoms with E-state index in [4.69, 9.17) is 11.6 Å². The van der Waals surface area contributed by atoms with Gasteiger partial charge < -0.3 is 5.32 Å². The molecule has 0 saturated carbocycles. The molecule has 1 aliphatic rings. The predicted octanol–water partition coefficient (Wildman–Crippen LogP) is 4.38. The third-order valence-electron chi connectivity index (χ3n) is 3.69. The Morgan fingerprint density at radius 2 is 1.78 bits per heavy atom. The number of hydrogen-bond acceptors (Lipinski definition) is 2. The zero-order valence-corrected chi connectivity index (χ0v) is 13.6. The van der Waals surface area contributed by atoms with Crippen molar-refractivity contribution in [1.29, 1.82) is 0 Å². The van der Waals surface area contributed by atoms with Crippen LogP contribution < -0.4 is 5.32 Å². The molecular weight excluding hydrogens is 362 g/mol. The highest BCUT2D eigenvalue weighted by atomic mass is 35.5. The lowest BCUT2D eigenvalue weighted by molar-refractivity contribution is -0.139. The molecule has 0 bridgehead atoms. The number of alkyl halides is 5. The van der Waals surface area contributed by atoms with E-state index in [2.05, 4.69) is 5.32 Å². The fourth-order valence-corrected chi connectivity index (χ4v) is 3.04. The fourth-order valence-electron chi connectivity index (χ4n) is 2.73. The van der Waals surface area contributed by atoms with Gasteiger partial charge in [0.2, 0.25) is 6.43 Å². The first-order valence-electron chi connectivity index (χ1n) is 6.89. The van der Waals surface area contributed by atoms with Crippen LogP contribution in [0.2, 0.25) is 5.02 Å². The van der Waals surface area contributed by atoms with Gasteiger partial charge in [-0.2, -0.15) is 13.2 Å². The molecule has 0 aromatic heterocycles. The van der Waals surface area contributed by atoms with Crippen LogP contribution in [0.5, 0.6) is 0 Å². The Morgan fingerprint density at radius 3 is 2.30 bits per heavy atom. The molecule has 1 heterocycles. The summed E-state index contributed by atoms with van der Waals surface area (Å²) in [5.74, 6) is 0. The van der Waals surface area contributed by atoms with Gasteiger partial charge in [0.25, 0.3) is 0 Å². The summed E-state index contributed by atoms with van der Waals surface area (Å²) in [5, 5.41) is 2.92. The second kappa shape index (κ2) is 8.46. The highest BCUT2D eigenvalue weighted by Crippen LogP contribution is 2.41. The lowest BCUT2D eigenvalue weighted by Gasteiger charge is -2.36. The SMILES string of the molecule is Cl.FC(F)C[C@H](c1c(Cl)cccc1C(F)(F)F)N1CCNCC1. The van der Waals surface area contributed by atoms with E-state index in [1.807, 2.05) is 0 Å². The van der Waals surface area contributed by atoms with Crippen molar-refractivity contribution in [2.24, 2.45) is 0 Å². The van der Waals surface area contributed by atoms with Gasteiger partial charge in [0.05, 0.1) is 5.56 Å². The molecular formula is C14H17Cl2F5N2. The topological polar surface area (TPSA) is 15.3 Å². The second-order valence-electron chi connectivity index (χ2n) is 5.13. The van der Waals surface area contributed by atoms with E-state index < -0.39 is 30.6 Å². The van der Waals surface area contributed by atoms with E-state index >= 15 is 0 Å². The average molecular weight is 379 g/mol. The molecule has 1 fully saturated rings. The van der Waals surface area contributed by atoms with Gasteiger partial charge in [-0.05, 0) is 12.1 Å². The number of hydrogen-bond donors (Lipinski definition) is 1. The summed E-state index contributed by atoms with van der Waals surface area (Å²) in [6.07, 6.45) is -8.01. The number of piperazine rings is 1. The zero-order valence-electron chi connectivity index (χ0n) is 12.0. The van der Waals surface area contributed by atoms with Gasteiger partial charge in [-0.3, -0.25) is 4.90 Å². The summed E-state index contributed by atoms with van der Waals surface area (Å²) in [6, 6.07) is 2.34.